The molecule has 1 unspecified atom stereocenters. The van der Waals surface area contributed by atoms with Crippen molar-refractivity contribution in [2.45, 2.75) is 26.3 Å². The number of anilines is 1. The number of hydrogen-bond donors (Lipinski definition) is 0. The highest BCUT2D eigenvalue weighted by molar-refractivity contribution is 5.73. The normalized spacial score (nSPS) is 20.4. The third-order valence-electron chi connectivity index (χ3n) is 3.42. The predicted octanol–water partition coefficient (Wildman–Crippen LogP) is 1.90. The van der Waals surface area contributed by atoms with Crippen LogP contribution < -0.4 is 4.90 Å². The van der Waals surface area contributed by atoms with Gasteiger partial charge >= 0.3 is 5.97 Å². The van der Waals surface area contributed by atoms with Crippen molar-refractivity contribution in [2.75, 3.05) is 25.1 Å². The van der Waals surface area contributed by atoms with E-state index in [1.54, 1.807) is 0 Å². The molecule has 1 fully saturated rings. The molecule has 94 valence electrons. The molecular formula is C13H20N2O2. The van der Waals surface area contributed by atoms with E-state index in [1.807, 2.05) is 0 Å². The van der Waals surface area contributed by atoms with Gasteiger partial charge in [0.1, 0.15) is 0 Å². The van der Waals surface area contributed by atoms with Gasteiger partial charge in [-0.1, -0.05) is 0 Å². The van der Waals surface area contributed by atoms with E-state index in [9.17, 15) is 4.79 Å². The fraction of sp³-hybridized carbons (Fsp3) is 0.615. The van der Waals surface area contributed by atoms with Crippen molar-refractivity contribution >= 4 is 11.7 Å². The van der Waals surface area contributed by atoms with Crippen molar-refractivity contribution in [1.82, 2.24) is 4.57 Å². The predicted molar refractivity (Wildman–Crippen MR) is 67.1 cm³/mol. The maximum Gasteiger partial charge on any atom is 0.310 e. The van der Waals surface area contributed by atoms with Crippen molar-refractivity contribution < 1.29 is 9.53 Å². The minimum Gasteiger partial charge on any atom is -0.469 e. The molecule has 1 aliphatic heterocycles. The third-order valence-corrected chi connectivity index (χ3v) is 3.42. The van der Waals surface area contributed by atoms with Gasteiger partial charge in [-0.25, -0.2) is 0 Å². The summed E-state index contributed by atoms with van der Waals surface area (Å²) >= 11 is 0. The van der Waals surface area contributed by atoms with E-state index >= 15 is 0 Å². The molecule has 1 aromatic heterocycles. The number of piperidine rings is 1. The van der Waals surface area contributed by atoms with Gasteiger partial charge in [-0.05, 0) is 25.8 Å². The van der Waals surface area contributed by atoms with Crippen LogP contribution in [0, 0.1) is 5.92 Å². The molecule has 4 heteroatoms. The van der Waals surface area contributed by atoms with Gasteiger partial charge in [0.2, 0.25) is 0 Å². The zero-order valence-electron chi connectivity index (χ0n) is 10.6. The van der Waals surface area contributed by atoms with E-state index in [-0.39, 0.29) is 11.9 Å². The Morgan fingerprint density at radius 2 is 2.41 bits per heavy atom. The first-order valence-corrected chi connectivity index (χ1v) is 6.23. The first-order valence-electron chi connectivity index (χ1n) is 6.23. The molecule has 4 nitrogen and oxygen atoms in total. The van der Waals surface area contributed by atoms with E-state index in [0.29, 0.717) is 0 Å². The van der Waals surface area contributed by atoms with Crippen LogP contribution in [0.1, 0.15) is 19.8 Å². The van der Waals surface area contributed by atoms with Crippen LogP contribution in [0.2, 0.25) is 0 Å². The lowest BCUT2D eigenvalue weighted by Gasteiger charge is -2.32. The summed E-state index contributed by atoms with van der Waals surface area (Å²) in [6.07, 6.45) is 6.21. The SMILES string of the molecule is CCn1ccc(N2CCCC(C(=O)OC)C2)c1. The Kier molecular flexibility index (Phi) is 3.71. The number of nitrogens with zero attached hydrogens (tertiary/aromatic N) is 2. The number of methoxy groups -OCH3 is 1. The zero-order chi connectivity index (χ0) is 12.3. The average Bonchev–Trinajstić information content (AvgIpc) is 2.86. The lowest BCUT2D eigenvalue weighted by Crippen LogP contribution is -2.39. The summed E-state index contributed by atoms with van der Waals surface area (Å²) < 4.78 is 6.98. The number of aryl methyl sites for hydroxylation is 1. The minimum atomic E-state index is -0.0791. The number of carbonyl (C=O) groups excluding carboxylic acids is 1. The summed E-state index contributed by atoms with van der Waals surface area (Å²) in [4.78, 5) is 13.8. The molecule has 2 heterocycles. The highest BCUT2D eigenvalue weighted by Crippen LogP contribution is 2.24. The summed E-state index contributed by atoms with van der Waals surface area (Å²) in [5.74, 6) is -0.0525. The van der Waals surface area contributed by atoms with Gasteiger partial charge in [0.05, 0.1) is 18.7 Å². The van der Waals surface area contributed by atoms with Gasteiger partial charge in [0.25, 0.3) is 0 Å². The lowest BCUT2D eigenvalue weighted by atomic mass is 9.98. The van der Waals surface area contributed by atoms with E-state index in [2.05, 4.69) is 34.9 Å². The molecule has 0 bridgehead atoms. The van der Waals surface area contributed by atoms with Crippen molar-refractivity contribution in [2.24, 2.45) is 5.92 Å². The summed E-state index contributed by atoms with van der Waals surface area (Å²) in [5, 5.41) is 0. The molecule has 1 atom stereocenters. The second-order valence-electron chi connectivity index (χ2n) is 4.51. The number of ether oxygens (including phenoxy) is 1. The Morgan fingerprint density at radius 1 is 1.59 bits per heavy atom. The van der Waals surface area contributed by atoms with E-state index in [1.165, 1.54) is 12.8 Å². The molecule has 17 heavy (non-hydrogen) atoms. The third kappa shape index (κ3) is 2.62. The van der Waals surface area contributed by atoms with Gasteiger partial charge in [-0.3, -0.25) is 4.79 Å². The van der Waals surface area contributed by atoms with Gasteiger partial charge in [-0.15, -0.1) is 0 Å². The van der Waals surface area contributed by atoms with Gasteiger partial charge in [-0.2, -0.15) is 0 Å². The van der Waals surface area contributed by atoms with E-state index in [0.717, 1.165) is 32.5 Å². The summed E-state index contributed by atoms with van der Waals surface area (Å²) in [6.45, 7) is 4.91. The molecule has 1 aromatic rings. The smallest absolute Gasteiger partial charge is 0.310 e. The first-order chi connectivity index (χ1) is 8.24. The molecule has 2 rings (SSSR count). The summed E-state index contributed by atoms with van der Waals surface area (Å²) in [7, 11) is 1.47. The highest BCUT2D eigenvalue weighted by Gasteiger charge is 2.26. The first kappa shape index (κ1) is 12.0. The molecule has 0 aromatic carbocycles. The van der Waals surface area contributed by atoms with Crippen molar-refractivity contribution in [3.8, 4) is 0 Å². The highest BCUT2D eigenvalue weighted by atomic mass is 16.5. The Bertz CT molecular complexity index is 387. The van der Waals surface area contributed by atoms with Crippen molar-refractivity contribution in [3.63, 3.8) is 0 Å². The summed E-state index contributed by atoms with van der Waals surface area (Å²) in [5.41, 5.74) is 1.21. The van der Waals surface area contributed by atoms with Gasteiger partial charge in [0.15, 0.2) is 0 Å². The average molecular weight is 236 g/mol. The largest absolute Gasteiger partial charge is 0.469 e. The minimum absolute atomic E-state index is 0.0266. The fourth-order valence-corrected chi connectivity index (χ4v) is 2.38. The molecule has 0 aliphatic carbocycles. The molecule has 1 saturated heterocycles. The second-order valence-corrected chi connectivity index (χ2v) is 4.51. The van der Waals surface area contributed by atoms with Crippen LogP contribution in [-0.4, -0.2) is 30.7 Å². The number of rotatable bonds is 3. The Labute approximate surface area is 102 Å². The number of carbonyl (C=O) groups is 1. The quantitative estimate of drug-likeness (QED) is 0.752. The van der Waals surface area contributed by atoms with Gasteiger partial charge < -0.3 is 14.2 Å². The molecule has 0 amide bonds. The standard InChI is InChI=1S/C13H20N2O2/c1-3-14-8-6-12(10-14)15-7-4-5-11(9-15)13(16)17-2/h6,8,10-11H,3-5,7,9H2,1-2H3. The number of esters is 1. The Balaban J connectivity index is 2.04. The van der Waals surface area contributed by atoms with Crippen LogP contribution in [0.3, 0.4) is 0 Å². The number of hydrogen-bond acceptors (Lipinski definition) is 3. The van der Waals surface area contributed by atoms with Crippen molar-refractivity contribution in [3.05, 3.63) is 18.5 Å². The van der Waals surface area contributed by atoms with E-state index < -0.39 is 0 Å². The van der Waals surface area contributed by atoms with Crippen LogP contribution in [0.4, 0.5) is 5.69 Å². The molecule has 1 aliphatic rings. The van der Waals surface area contributed by atoms with Gasteiger partial charge in [0, 0.05) is 32.0 Å². The Hall–Kier alpha value is -1.45. The van der Waals surface area contributed by atoms with Crippen LogP contribution in [0.5, 0.6) is 0 Å². The maximum atomic E-state index is 11.6. The molecule has 0 saturated carbocycles. The van der Waals surface area contributed by atoms with Crippen LogP contribution in [0.15, 0.2) is 18.5 Å². The van der Waals surface area contributed by atoms with Crippen LogP contribution in [0.25, 0.3) is 0 Å². The van der Waals surface area contributed by atoms with E-state index in [4.69, 9.17) is 4.74 Å². The van der Waals surface area contributed by atoms with Crippen LogP contribution in [-0.2, 0) is 16.1 Å². The zero-order valence-corrected chi connectivity index (χ0v) is 10.6. The number of aromatic nitrogens is 1. The summed E-state index contributed by atoms with van der Waals surface area (Å²) in [6, 6.07) is 2.11. The Morgan fingerprint density at radius 3 is 3.06 bits per heavy atom. The van der Waals surface area contributed by atoms with Crippen molar-refractivity contribution in [1.29, 1.82) is 0 Å². The second kappa shape index (κ2) is 5.25. The fourth-order valence-electron chi connectivity index (χ4n) is 2.38. The monoisotopic (exact) mass is 236 g/mol. The molecule has 0 N–H and O–H groups in total. The van der Waals surface area contributed by atoms with Crippen LogP contribution >= 0.6 is 0 Å². The molecule has 0 spiro atoms. The molecule has 0 radical (unpaired) electrons. The maximum absolute atomic E-state index is 11.6. The topological polar surface area (TPSA) is 34.5 Å². The molecular weight excluding hydrogens is 216 g/mol. The lowest BCUT2D eigenvalue weighted by molar-refractivity contribution is -0.145.